The predicted octanol–water partition coefficient (Wildman–Crippen LogP) is 3.17. The van der Waals surface area contributed by atoms with E-state index in [1.54, 1.807) is 45.8 Å². The van der Waals surface area contributed by atoms with Crippen LogP contribution < -0.4 is 32.3 Å². The van der Waals surface area contributed by atoms with Crippen LogP contribution in [0.2, 0.25) is 0 Å². The molecule has 2 aliphatic rings. The third-order valence-corrected chi connectivity index (χ3v) is 10.2. The second-order valence-electron chi connectivity index (χ2n) is 14.7. The van der Waals surface area contributed by atoms with Gasteiger partial charge in [-0.2, -0.15) is 0 Å². The molecule has 3 amide bonds. The number of carbonyl (C=O) groups is 5. The highest BCUT2D eigenvalue weighted by Gasteiger charge is 2.31. The first-order valence-electron chi connectivity index (χ1n) is 19.1. The molecular formula is C40H51FN8O8. The van der Waals surface area contributed by atoms with E-state index < -0.39 is 40.8 Å². The third-order valence-electron chi connectivity index (χ3n) is 10.2. The van der Waals surface area contributed by atoms with Gasteiger partial charge in [-0.15, -0.1) is 5.53 Å². The Kier molecular flexibility index (Phi) is 13.9. The monoisotopic (exact) mass is 790 g/mol. The molecule has 6 N–H and O–H groups in total. The Morgan fingerprint density at radius 3 is 2.32 bits per heavy atom. The molecule has 306 valence electrons. The highest BCUT2D eigenvalue weighted by molar-refractivity contribution is 5.93. The summed E-state index contributed by atoms with van der Waals surface area (Å²) in [5, 5.41) is 14.1. The molecule has 3 heterocycles. The van der Waals surface area contributed by atoms with Crippen molar-refractivity contribution >= 4 is 46.3 Å². The summed E-state index contributed by atoms with van der Waals surface area (Å²) < 4.78 is 22.5. The average Bonchev–Trinajstić information content (AvgIpc) is 3.65. The molecule has 1 fully saturated rings. The molecule has 1 saturated heterocycles. The second-order valence-corrected chi connectivity index (χ2v) is 14.7. The van der Waals surface area contributed by atoms with Crippen LogP contribution in [0.25, 0.3) is 10.9 Å². The van der Waals surface area contributed by atoms with Gasteiger partial charge in [0.2, 0.25) is 17.2 Å². The summed E-state index contributed by atoms with van der Waals surface area (Å²) in [6.45, 7) is 8.75. The van der Waals surface area contributed by atoms with Gasteiger partial charge >= 0.3 is 12.1 Å². The molecule has 5 rings (SSSR count). The number of aryl methyl sites for hydroxylation is 1. The summed E-state index contributed by atoms with van der Waals surface area (Å²) in [5.41, 5.74) is 13.2. The molecule has 0 aliphatic carbocycles. The summed E-state index contributed by atoms with van der Waals surface area (Å²) in [4.78, 5) is 77.5. The largest absolute Gasteiger partial charge is 0.477 e. The Hall–Kier alpha value is -5.97. The summed E-state index contributed by atoms with van der Waals surface area (Å²) in [6, 6.07) is 8.97. The van der Waals surface area contributed by atoms with Gasteiger partial charge in [-0.3, -0.25) is 24.2 Å². The summed E-state index contributed by atoms with van der Waals surface area (Å²) in [5.74, 6) is -2.58. The number of anilines is 1. The minimum absolute atomic E-state index is 0.00416. The number of ketones is 1. The van der Waals surface area contributed by atoms with Crippen LogP contribution in [0.4, 0.5) is 14.9 Å². The maximum Gasteiger partial charge on any atom is 0.410 e. The van der Waals surface area contributed by atoms with Crippen LogP contribution in [0.15, 0.2) is 59.3 Å². The van der Waals surface area contributed by atoms with E-state index in [2.05, 4.69) is 16.3 Å². The van der Waals surface area contributed by atoms with Crippen LogP contribution in [-0.4, -0.2) is 87.5 Å². The number of pyridine rings is 1. The van der Waals surface area contributed by atoms with Crippen molar-refractivity contribution in [2.24, 2.45) is 11.7 Å². The number of unbranched alkanes of at least 4 members (excludes halogenated alkanes) is 1. The highest BCUT2D eigenvalue weighted by Crippen LogP contribution is 2.27. The Bertz CT molecular complexity index is 2080. The number of primary amides is 1. The zero-order valence-electron chi connectivity index (χ0n) is 32.7. The summed E-state index contributed by atoms with van der Waals surface area (Å²) >= 11 is 0. The van der Waals surface area contributed by atoms with Crippen molar-refractivity contribution in [3.8, 4) is 0 Å². The van der Waals surface area contributed by atoms with Crippen molar-refractivity contribution < 1.29 is 38.2 Å². The number of amides is 3. The zero-order chi connectivity index (χ0) is 41.4. The van der Waals surface area contributed by atoms with Gasteiger partial charge in [0.1, 0.15) is 24.0 Å². The molecule has 57 heavy (non-hydrogen) atoms. The van der Waals surface area contributed by atoms with Gasteiger partial charge in [0, 0.05) is 70.3 Å². The number of carboxylic acid groups (broad SMARTS) is 1. The van der Waals surface area contributed by atoms with Crippen LogP contribution in [0.5, 0.6) is 0 Å². The van der Waals surface area contributed by atoms with Gasteiger partial charge in [-0.25, -0.2) is 14.0 Å². The quantitative estimate of drug-likeness (QED) is 0.125. The first kappa shape index (κ1) is 42.2. The molecule has 16 nitrogen and oxygen atoms in total. The second kappa shape index (κ2) is 18.8. The Morgan fingerprint density at radius 2 is 1.70 bits per heavy atom. The molecule has 2 aliphatic heterocycles. The molecular weight excluding hydrogens is 739 g/mol. The number of rotatable bonds is 17. The fraction of sp³-hybridized carbons (Fsp3) is 0.450. The lowest BCUT2D eigenvalue weighted by molar-refractivity contribution is -0.124. The Morgan fingerprint density at radius 1 is 1.02 bits per heavy atom. The van der Waals surface area contributed by atoms with E-state index in [0.717, 1.165) is 22.9 Å². The standard InChI is InChI=1S/C40H51FN8O8/c1-5-46-21-29(39(54)55)38(53)28-19-30(41)34(20-33(28)46)47-14-16-48(17-15-47)40(56)57-23-27-12-10-26(11-13-27)18-35(51)32(8-6-7-9-36(42)52)49-22-31(44-45-49)37(24(2)3)43-25(4)50/h10-13,19-22,24,32,37,44-45H,5-9,14-18,23H2,1-4H3,(H2,42,52)(H,43,50)(H,54,55)/t32-,37-/m0/s1. The number of benzene rings is 2. The van der Waals surface area contributed by atoms with Crippen LogP contribution in [0, 0.1) is 11.7 Å². The topological polar surface area (TPSA) is 209 Å². The van der Waals surface area contributed by atoms with Crippen molar-refractivity contribution in [1.82, 2.24) is 30.8 Å². The summed E-state index contributed by atoms with van der Waals surface area (Å²) in [7, 11) is 0. The number of hydrogen-bond acceptors (Lipinski definition) is 11. The Labute approximate surface area is 329 Å². The van der Waals surface area contributed by atoms with Crippen molar-refractivity contribution in [1.29, 1.82) is 0 Å². The molecule has 0 bridgehead atoms. The van der Waals surface area contributed by atoms with Crippen LogP contribution in [-0.2, 0) is 38.7 Å². The van der Waals surface area contributed by atoms with E-state index in [-0.39, 0.29) is 67.3 Å². The molecule has 0 unspecified atom stereocenters. The van der Waals surface area contributed by atoms with E-state index in [0.29, 0.717) is 44.4 Å². The number of nitrogens with two attached hydrogens (primary N) is 1. The number of carboxylic acids is 1. The highest BCUT2D eigenvalue weighted by atomic mass is 19.1. The lowest BCUT2D eigenvalue weighted by Crippen LogP contribution is -2.49. The predicted molar refractivity (Wildman–Crippen MR) is 210 cm³/mol. The van der Waals surface area contributed by atoms with E-state index in [9.17, 15) is 33.9 Å². The van der Waals surface area contributed by atoms with Gasteiger partial charge in [0.15, 0.2) is 5.78 Å². The SMILES string of the molecule is CCn1cc(C(=O)O)c(=O)c2cc(F)c(N3CCN(C(=O)OCc4ccc(CC(=O)[C@H](CCCCC(N)=O)N5C=C([C@@H](NC(C)=O)C(C)C)NN5)cc4)CC3)cc21. The normalized spacial score (nSPS) is 15.3. The van der Waals surface area contributed by atoms with Crippen LogP contribution in [0.3, 0.4) is 0 Å². The molecule has 1 aromatic heterocycles. The van der Waals surface area contributed by atoms with Gasteiger partial charge in [0.05, 0.1) is 22.9 Å². The molecule has 0 saturated carbocycles. The molecule has 2 atom stereocenters. The maximum absolute atomic E-state index is 15.3. The number of ether oxygens (including phenoxy) is 1. The Balaban J connectivity index is 1.16. The number of nitrogens with one attached hydrogen (secondary N) is 3. The van der Waals surface area contributed by atoms with Crippen molar-refractivity contribution in [2.45, 2.75) is 85.0 Å². The van der Waals surface area contributed by atoms with Crippen LogP contribution >= 0.6 is 0 Å². The number of aromatic carboxylic acids is 1. The lowest BCUT2D eigenvalue weighted by Gasteiger charge is -2.35. The van der Waals surface area contributed by atoms with Gasteiger partial charge < -0.3 is 40.7 Å². The first-order chi connectivity index (χ1) is 27.2. The zero-order valence-corrected chi connectivity index (χ0v) is 32.7. The van der Waals surface area contributed by atoms with Crippen molar-refractivity contribution in [3.05, 3.63) is 87.2 Å². The fourth-order valence-corrected chi connectivity index (χ4v) is 7.08. The lowest BCUT2D eigenvalue weighted by atomic mass is 9.97. The van der Waals surface area contributed by atoms with Gasteiger partial charge in [-0.05, 0) is 48.9 Å². The third kappa shape index (κ3) is 10.5. The van der Waals surface area contributed by atoms with E-state index in [1.165, 1.54) is 18.0 Å². The van der Waals surface area contributed by atoms with E-state index >= 15 is 4.39 Å². The van der Waals surface area contributed by atoms with Crippen LogP contribution in [0.1, 0.15) is 74.9 Å². The molecule has 3 aromatic rings. The number of piperazine rings is 1. The number of hydrogen-bond donors (Lipinski definition) is 5. The van der Waals surface area contributed by atoms with Crippen molar-refractivity contribution in [3.63, 3.8) is 0 Å². The molecule has 2 aromatic carbocycles. The summed E-state index contributed by atoms with van der Waals surface area (Å²) in [6.07, 6.45) is 4.50. The first-order valence-corrected chi connectivity index (χ1v) is 19.1. The van der Waals surface area contributed by atoms with Gasteiger partial charge in [-0.1, -0.05) is 44.5 Å². The molecule has 0 radical (unpaired) electrons. The maximum atomic E-state index is 15.3. The number of aromatic nitrogens is 1. The molecule has 17 heteroatoms. The smallest absolute Gasteiger partial charge is 0.410 e. The number of hydrazine groups is 2. The van der Waals surface area contributed by atoms with Crippen molar-refractivity contribution in [2.75, 3.05) is 31.1 Å². The number of nitrogens with zero attached hydrogens (tertiary/aromatic N) is 4. The fourth-order valence-electron chi connectivity index (χ4n) is 7.08. The minimum Gasteiger partial charge on any atom is -0.477 e. The number of halogens is 1. The minimum atomic E-state index is -1.38. The molecule has 0 spiro atoms. The van der Waals surface area contributed by atoms with Gasteiger partial charge in [0.25, 0.3) is 0 Å². The average molecular weight is 791 g/mol. The van der Waals surface area contributed by atoms with E-state index in [4.69, 9.17) is 10.5 Å². The van der Waals surface area contributed by atoms with E-state index in [1.807, 2.05) is 26.0 Å². The number of Topliss-reactive ketones (excluding diaryl/α,β-unsaturated/α-hetero) is 1. The number of carbonyl (C=O) groups excluding carboxylic acids is 4. The number of fused-ring (bicyclic) bond motifs is 1.